The third-order valence-electron chi connectivity index (χ3n) is 4.18. The van der Waals surface area contributed by atoms with E-state index in [1.807, 2.05) is 0 Å². The molecular formula is C16H23FN2O2. The van der Waals surface area contributed by atoms with E-state index in [-0.39, 0.29) is 30.3 Å². The van der Waals surface area contributed by atoms with Crippen molar-refractivity contribution in [3.8, 4) is 0 Å². The second kappa shape index (κ2) is 7.52. The number of benzene rings is 1. The van der Waals surface area contributed by atoms with E-state index < -0.39 is 0 Å². The van der Waals surface area contributed by atoms with E-state index in [0.29, 0.717) is 12.5 Å². The van der Waals surface area contributed by atoms with Crippen molar-refractivity contribution in [2.24, 2.45) is 11.7 Å². The van der Waals surface area contributed by atoms with Crippen LogP contribution in [0, 0.1) is 11.7 Å². The Hall–Kier alpha value is -1.46. The van der Waals surface area contributed by atoms with E-state index in [2.05, 4.69) is 5.32 Å². The van der Waals surface area contributed by atoms with Gasteiger partial charge in [-0.1, -0.05) is 18.6 Å². The standard InChI is InChI=1S/C16H23FN2O2/c1-21-14(10-18)9-15(20)19-16(11-3-2-4-11)12-5-7-13(17)8-6-12/h5-8,11,14,16H,2-4,9-10,18H2,1H3,(H,19,20). The summed E-state index contributed by atoms with van der Waals surface area (Å²) in [7, 11) is 1.55. The molecule has 0 aliphatic heterocycles. The maximum atomic E-state index is 13.1. The number of nitrogens with two attached hydrogens (primary N) is 1. The fourth-order valence-corrected chi connectivity index (χ4v) is 2.62. The Morgan fingerprint density at radius 3 is 2.57 bits per heavy atom. The highest BCUT2D eigenvalue weighted by Gasteiger charge is 2.30. The van der Waals surface area contributed by atoms with E-state index in [9.17, 15) is 9.18 Å². The zero-order valence-electron chi connectivity index (χ0n) is 12.3. The Balaban J connectivity index is 2.03. The Labute approximate surface area is 124 Å². The van der Waals surface area contributed by atoms with Crippen LogP contribution in [0.3, 0.4) is 0 Å². The first-order valence-electron chi connectivity index (χ1n) is 7.41. The van der Waals surface area contributed by atoms with Gasteiger partial charge in [0.05, 0.1) is 18.6 Å². The molecule has 0 bridgehead atoms. The molecule has 1 saturated carbocycles. The molecule has 21 heavy (non-hydrogen) atoms. The van der Waals surface area contributed by atoms with Gasteiger partial charge in [0.15, 0.2) is 0 Å². The lowest BCUT2D eigenvalue weighted by atomic mass is 9.77. The molecule has 1 aliphatic rings. The highest BCUT2D eigenvalue weighted by Crippen LogP contribution is 2.37. The maximum Gasteiger partial charge on any atom is 0.223 e. The van der Waals surface area contributed by atoms with Crippen LogP contribution < -0.4 is 11.1 Å². The lowest BCUT2D eigenvalue weighted by Gasteiger charge is -2.35. The van der Waals surface area contributed by atoms with Crippen LogP contribution in [-0.2, 0) is 9.53 Å². The molecule has 0 spiro atoms. The van der Waals surface area contributed by atoms with Gasteiger partial charge in [-0.05, 0) is 36.5 Å². The second-order valence-corrected chi connectivity index (χ2v) is 5.59. The van der Waals surface area contributed by atoms with Gasteiger partial charge in [-0.2, -0.15) is 0 Å². The largest absolute Gasteiger partial charge is 0.380 e. The Kier molecular flexibility index (Phi) is 5.70. The smallest absolute Gasteiger partial charge is 0.223 e. The molecule has 5 heteroatoms. The first-order valence-corrected chi connectivity index (χ1v) is 7.41. The van der Waals surface area contributed by atoms with Crippen LogP contribution in [0.2, 0.25) is 0 Å². The number of carbonyl (C=O) groups excluding carboxylic acids is 1. The molecule has 1 aromatic rings. The van der Waals surface area contributed by atoms with Crippen molar-refractivity contribution in [2.75, 3.05) is 13.7 Å². The molecule has 0 radical (unpaired) electrons. The molecule has 0 saturated heterocycles. The SMILES string of the molecule is COC(CN)CC(=O)NC(c1ccc(F)cc1)C1CCC1. The summed E-state index contributed by atoms with van der Waals surface area (Å²) in [5.41, 5.74) is 6.50. The number of nitrogens with one attached hydrogen (secondary N) is 1. The molecule has 0 aromatic heterocycles. The predicted octanol–water partition coefficient (Wildman–Crippen LogP) is 2.15. The van der Waals surface area contributed by atoms with Crippen molar-refractivity contribution in [1.29, 1.82) is 0 Å². The number of halogens is 1. The second-order valence-electron chi connectivity index (χ2n) is 5.59. The summed E-state index contributed by atoms with van der Waals surface area (Å²) < 4.78 is 18.2. The number of ether oxygens (including phenoxy) is 1. The third kappa shape index (κ3) is 4.25. The molecule has 4 nitrogen and oxygen atoms in total. The number of hydrogen-bond donors (Lipinski definition) is 2. The van der Waals surface area contributed by atoms with Crippen LogP contribution in [0.1, 0.15) is 37.3 Å². The zero-order chi connectivity index (χ0) is 15.2. The lowest BCUT2D eigenvalue weighted by Crippen LogP contribution is -2.39. The van der Waals surface area contributed by atoms with Gasteiger partial charge in [0.2, 0.25) is 5.91 Å². The minimum atomic E-state index is -0.264. The minimum Gasteiger partial charge on any atom is -0.380 e. The Bertz CT molecular complexity index is 456. The van der Waals surface area contributed by atoms with Crippen molar-refractivity contribution in [1.82, 2.24) is 5.32 Å². The maximum absolute atomic E-state index is 13.1. The molecule has 1 aromatic carbocycles. The van der Waals surface area contributed by atoms with Crippen molar-refractivity contribution in [3.63, 3.8) is 0 Å². The van der Waals surface area contributed by atoms with Crippen molar-refractivity contribution < 1.29 is 13.9 Å². The van der Waals surface area contributed by atoms with Gasteiger partial charge in [0, 0.05) is 13.7 Å². The van der Waals surface area contributed by atoms with E-state index in [4.69, 9.17) is 10.5 Å². The minimum absolute atomic E-state index is 0.0536. The van der Waals surface area contributed by atoms with Gasteiger partial charge < -0.3 is 15.8 Å². The third-order valence-corrected chi connectivity index (χ3v) is 4.18. The van der Waals surface area contributed by atoms with E-state index >= 15 is 0 Å². The van der Waals surface area contributed by atoms with E-state index in [1.54, 1.807) is 19.2 Å². The van der Waals surface area contributed by atoms with Crippen LogP contribution in [0.4, 0.5) is 4.39 Å². The molecule has 1 fully saturated rings. The highest BCUT2D eigenvalue weighted by molar-refractivity contribution is 5.77. The molecule has 1 aliphatic carbocycles. The quantitative estimate of drug-likeness (QED) is 0.810. The summed E-state index contributed by atoms with van der Waals surface area (Å²) in [4.78, 5) is 12.1. The van der Waals surface area contributed by atoms with E-state index in [0.717, 1.165) is 18.4 Å². The van der Waals surface area contributed by atoms with Gasteiger partial charge >= 0.3 is 0 Å². The molecular weight excluding hydrogens is 271 g/mol. The van der Waals surface area contributed by atoms with Crippen molar-refractivity contribution >= 4 is 5.91 Å². The molecule has 2 rings (SSSR count). The molecule has 2 unspecified atom stereocenters. The monoisotopic (exact) mass is 294 g/mol. The zero-order valence-corrected chi connectivity index (χ0v) is 12.3. The fraction of sp³-hybridized carbons (Fsp3) is 0.562. The predicted molar refractivity (Wildman–Crippen MR) is 79.1 cm³/mol. The average Bonchev–Trinajstić information content (AvgIpc) is 2.43. The van der Waals surface area contributed by atoms with Gasteiger partial charge in [0.25, 0.3) is 0 Å². The summed E-state index contributed by atoms with van der Waals surface area (Å²) in [6.45, 7) is 0.314. The highest BCUT2D eigenvalue weighted by atomic mass is 19.1. The van der Waals surface area contributed by atoms with Crippen LogP contribution in [0.5, 0.6) is 0 Å². The molecule has 2 atom stereocenters. The van der Waals surface area contributed by atoms with Gasteiger partial charge in [0.1, 0.15) is 5.82 Å². The topological polar surface area (TPSA) is 64.3 Å². The molecule has 3 N–H and O–H groups in total. The summed E-state index contributed by atoms with van der Waals surface area (Å²) in [5.74, 6) is 0.0897. The first kappa shape index (κ1) is 15.9. The van der Waals surface area contributed by atoms with E-state index in [1.165, 1.54) is 18.6 Å². The Morgan fingerprint density at radius 1 is 1.43 bits per heavy atom. The normalized spacial score (nSPS) is 17.9. The Morgan fingerprint density at radius 2 is 2.10 bits per heavy atom. The van der Waals surface area contributed by atoms with Gasteiger partial charge in [-0.25, -0.2) is 4.39 Å². The first-order chi connectivity index (χ1) is 10.1. The molecule has 1 amide bonds. The number of carbonyl (C=O) groups is 1. The van der Waals surface area contributed by atoms with Gasteiger partial charge in [-0.15, -0.1) is 0 Å². The van der Waals surface area contributed by atoms with Gasteiger partial charge in [-0.3, -0.25) is 4.79 Å². The number of rotatable bonds is 7. The number of amides is 1. The molecule has 0 heterocycles. The van der Waals surface area contributed by atoms with Crippen LogP contribution in [0.15, 0.2) is 24.3 Å². The van der Waals surface area contributed by atoms with Crippen LogP contribution in [-0.4, -0.2) is 25.7 Å². The lowest BCUT2D eigenvalue weighted by molar-refractivity contribution is -0.124. The summed E-state index contributed by atoms with van der Waals surface area (Å²) in [5, 5.41) is 3.06. The average molecular weight is 294 g/mol. The fourth-order valence-electron chi connectivity index (χ4n) is 2.62. The van der Waals surface area contributed by atoms with Crippen LogP contribution >= 0.6 is 0 Å². The van der Waals surface area contributed by atoms with Crippen molar-refractivity contribution in [2.45, 2.75) is 37.8 Å². The summed E-state index contributed by atoms with van der Waals surface area (Å²) in [6.07, 6.45) is 3.35. The van der Waals surface area contributed by atoms with Crippen LogP contribution in [0.25, 0.3) is 0 Å². The number of hydrogen-bond acceptors (Lipinski definition) is 3. The summed E-state index contributed by atoms with van der Waals surface area (Å²) >= 11 is 0. The van der Waals surface area contributed by atoms with Crippen molar-refractivity contribution in [3.05, 3.63) is 35.6 Å². The summed E-state index contributed by atoms with van der Waals surface area (Å²) in [6, 6.07) is 6.31. The number of methoxy groups -OCH3 is 1. The molecule has 116 valence electrons.